The quantitative estimate of drug-likeness (QED) is 0.398. The summed E-state index contributed by atoms with van der Waals surface area (Å²) in [5.74, 6) is 1.38. The van der Waals surface area contributed by atoms with E-state index in [1.807, 2.05) is 0 Å². The zero-order valence-electron chi connectivity index (χ0n) is 15.0. The Bertz CT molecular complexity index is 459. The summed E-state index contributed by atoms with van der Waals surface area (Å²) >= 11 is 0. The predicted octanol–water partition coefficient (Wildman–Crippen LogP) is 1.66. The standard InChI is InChI=1S/C16H29NO5Si/c1-16(2,3)23(5,6)11-7-8-13(15(19)20)17-14(18)12-22-10-9-21-4/h13H,8-10,12H2,1-6H3,(H,17,18)(H,19,20)/t13-/m0/s1. The first kappa shape index (κ1) is 21.6. The molecule has 0 aliphatic rings. The third-order valence-electron chi connectivity index (χ3n) is 3.88. The summed E-state index contributed by atoms with van der Waals surface area (Å²) in [7, 11) is -0.249. The molecule has 0 bridgehead atoms. The molecular formula is C16H29NO5Si. The third-order valence-corrected chi connectivity index (χ3v) is 8.43. The molecule has 1 atom stereocenters. The molecule has 132 valence electrons. The molecule has 0 rings (SSSR count). The van der Waals surface area contributed by atoms with E-state index in [4.69, 9.17) is 9.47 Å². The van der Waals surface area contributed by atoms with Crippen LogP contribution >= 0.6 is 0 Å². The first-order valence-corrected chi connectivity index (χ1v) is 10.6. The van der Waals surface area contributed by atoms with Gasteiger partial charge in [0.1, 0.15) is 20.7 Å². The fourth-order valence-electron chi connectivity index (χ4n) is 1.30. The zero-order chi connectivity index (χ0) is 18.1. The van der Waals surface area contributed by atoms with Gasteiger partial charge in [-0.2, -0.15) is 0 Å². The largest absolute Gasteiger partial charge is 0.480 e. The summed E-state index contributed by atoms with van der Waals surface area (Å²) < 4.78 is 9.85. The highest BCUT2D eigenvalue weighted by atomic mass is 28.3. The predicted molar refractivity (Wildman–Crippen MR) is 91.9 cm³/mol. The van der Waals surface area contributed by atoms with Gasteiger partial charge in [0.25, 0.3) is 0 Å². The number of hydrogen-bond acceptors (Lipinski definition) is 4. The van der Waals surface area contributed by atoms with Crippen molar-refractivity contribution >= 4 is 20.0 Å². The van der Waals surface area contributed by atoms with E-state index in [1.54, 1.807) is 0 Å². The molecule has 0 radical (unpaired) electrons. The monoisotopic (exact) mass is 343 g/mol. The van der Waals surface area contributed by atoms with Gasteiger partial charge in [0.05, 0.1) is 13.2 Å². The molecule has 0 saturated heterocycles. The lowest BCUT2D eigenvalue weighted by Crippen LogP contribution is -2.42. The van der Waals surface area contributed by atoms with Gasteiger partial charge in [-0.05, 0) is 5.04 Å². The summed E-state index contributed by atoms with van der Waals surface area (Å²) in [5, 5.41) is 11.7. The molecule has 0 aliphatic heterocycles. The van der Waals surface area contributed by atoms with Crippen molar-refractivity contribution in [2.24, 2.45) is 0 Å². The second kappa shape index (κ2) is 9.70. The summed E-state index contributed by atoms with van der Waals surface area (Å²) in [4.78, 5) is 22.9. The van der Waals surface area contributed by atoms with E-state index >= 15 is 0 Å². The van der Waals surface area contributed by atoms with Crippen LogP contribution < -0.4 is 5.32 Å². The van der Waals surface area contributed by atoms with E-state index in [2.05, 4.69) is 50.6 Å². The summed E-state index contributed by atoms with van der Waals surface area (Å²) in [6.07, 6.45) is 0.0889. The third kappa shape index (κ3) is 8.74. The highest BCUT2D eigenvalue weighted by Crippen LogP contribution is 2.35. The SMILES string of the molecule is COCCOCC(=O)N[C@@H](CC#C[Si](C)(C)C(C)(C)C)C(=O)O. The lowest BCUT2D eigenvalue weighted by atomic mass is 10.2. The molecular weight excluding hydrogens is 314 g/mol. The fourth-order valence-corrected chi connectivity index (χ4v) is 2.22. The summed E-state index contributed by atoms with van der Waals surface area (Å²) in [5.41, 5.74) is 3.24. The smallest absolute Gasteiger partial charge is 0.327 e. The van der Waals surface area contributed by atoms with Crippen molar-refractivity contribution in [1.82, 2.24) is 5.32 Å². The highest BCUT2D eigenvalue weighted by Gasteiger charge is 2.33. The number of rotatable bonds is 8. The number of carboxylic acids is 1. The van der Waals surface area contributed by atoms with E-state index in [1.165, 1.54) is 7.11 Å². The number of aliphatic carboxylic acids is 1. The van der Waals surface area contributed by atoms with Crippen LogP contribution in [0.1, 0.15) is 27.2 Å². The van der Waals surface area contributed by atoms with Crippen molar-refractivity contribution in [1.29, 1.82) is 0 Å². The Balaban J connectivity index is 4.56. The summed E-state index contributed by atoms with van der Waals surface area (Å²) in [6, 6.07) is -1.02. The maximum Gasteiger partial charge on any atom is 0.327 e. The maximum atomic E-state index is 11.7. The van der Waals surface area contributed by atoms with E-state index < -0.39 is 26.0 Å². The van der Waals surface area contributed by atoms with Crippen LogP contribution in [0.25, 0.3) is 0 Å². The molecule has 0 aromatic heterocycles. The zero-order valence-corrected chi connectivity index (χ0v) is 16.0. The van der Waals surface area contributed by atoms with Gasteiger partial charge in [-0.1, -0.05) is 33.9 Å². The number of methoxy groups -OCH3 is 1. The second-order valence-electron chi connectivity index (χ2n) is 6.88. The van der Waals surface area contributed by atoms with Crippen LogP contribution in [0.4, 0.5) is 0 Å². The van der Waals surface area contributed by atoms with Crippen molar-refractivity contribution in [3.05, 3.63) is 0 Å². The Labute approximate surface area is 139 Å². The van der Waals surface area contributed by atoms with Crippen LogP contribution in [0.3, 0.4) is 0 Å². The minimum absolute atomic E-state index is 0.0889. The van der Waals surface area contributed by atoms with Crippen molar-refractivity contribution < 1.29 is 24.2 Å². The molecule has 2 N–H and O–H groups in total. The van der Waals surface area contributed by atoms with Gasteiger partial charge < -0.3 is 19.9 Å². The van der Waals surface area contributed by atoms with E-state index in [0.29, 0.717) is 6.61 Å². The normalized spacial score (nSPS) is 13.0. The molecule has 6 nitrogen and oxygen atoms in total. The maximum absolute atomic E-state index is 11.7. The molecule has 0 spiro atoms. The van der Waals surface area contributed by atoms with Crippen molar-refractivity contribution in [2.75, 3.05) is 26.9 Å². The number of carbonyl (C=O) groups is 2. The first-order chi connectivity index (χ1) is 10.5. The number of hydrogen-bond donors (Lipinski definition) is 2. The number of carbonyl (C=O) groups excluding carboxylic acids is 1. The van der Waals surface area contributed by atoms with Gasteiger partial charge in [0.2, 0.25) is 5.91 Å². The molecule has 0 aromatic rings. The van der Waals surface area contributed by atoms with Crippen LogP contribution in [0.15, 0.2) is 0 Å². The molecule has 0 aromatic carbocycles. The lowest BCUT2D eigenvalue weighted by molar-refractivity contribution is -0.142. The van der Waals surface area contributed by atoms with Crippen LogP contribution in [0, 0.1) is 11.5 Å². The Kier molecular flexibility index (Phi) is 9.13. The van der Waals surface area contributed by atoms with Crippen LogP contribution in [-0.2, 0) is 19.1 Å². The Morgan fingerprint density at radius 3 is 2.35 bits per heavy atom. The molecule has 0 heterocycles. The fraction of sp³-hybridized carbons (Fsp3) is 0.750. The van der Waals surface area contributed by atoms with Crippen molar-refractivity contribution in [3.63, 3.8) is 0 Å². The Hall–Kier alpha value is -1.36. The Morgan fingerprint density at radius 2 is 1.87 bits per heavy atom. The molecule has 0 unspecified atom stereocenters. The van der Waals surface area contributed by atoms with Crippen LogP contribution in [0.5, 0.6) is 0 Å². The molecule has 7 heteroatoms. The van der Waals surface area contributed by atoms with Crippen LogP contribution in [0.2, 0.25) is 18.1 Å². The highest BCUT2D eigenvalue weighted by molar-refractivity contribution is 6.87. The molecule has 23 heavy (non-hydrogen) atoms. The topological polar surface area (TPSA) is 84.9 Å². The minimum Gasteiger partial charge on any atom is -0.480 e. The minimum atomic E-state index is -1.78. The van der Waals surface area contributed by atoms with Gasteiger partial charge >= 0.3 is 5.97 Å². The average molecular weight is 343 g/mol. The van der Waals surface area contributed by atoms with Gasteiger partial charge in [-0.25, -0.2) is 4.79 Å². The van der Waals surface area contributed by atoms with Gasteiger partial charge in [-0.3, -0.25) is 4.79 Å². The van der Waals surface area contributed by atoms with Crippen molar-refractivity contribution in [3.8, 4) is 11.5 Å². The summed E-state index contributed by atoms with van der Waals surface area (Å²) in [6.45, 7) is 11.2. The van der Waals surface area contributed by atoms with E-state index in [0.717, 1.165) is 0 Å². The van der Waals surface area contributed by atoms with Gasteiger partial charge in [0.15, 0.2) is 0 Å². The number of amides is 1. The molecule has 0 aliphatic carbocycles. The lowest BCUT2D eigenvalue weighted by Gasteiger charge is -2.31. The second-order valence-corrected chi connectivity index (χ2v) is 11.9. The Morgan fingerprint density at radius 1 is 1.26 bits per heavy atom. The number of ether oxygens (including phenoxy) is 2. The number of nitrogens with one attached hydrogen (secondary N) is 1. The molecule has 1 amide bonds. The van der Waals surface area contributed by atoms with Crippen molar-refractivity contribution in [2.45, 2.75) is 51.4 Å². The van der Waals surface area contributed by atoms with Crippen LogP contribution in [-0.4, -0.2) is 58.0 Å². The van der Waals surface area contributed by atoms with Gasteiger partial charge in [0, 0.05) is 13.5 Å². The average Bonchev–Trinajstić information content (AvgIpc) is 2.41. The molecule has 0 fully saturated rings. The van der Waals surface area contributed by atoms with E-state index in [9.17, 15) is 14.7 Å². The van der Waals surface area contributed by atoms with E-state index in [-0.39, 0.29) is 24.7 Å². The number of carboxylic acid groups (broad SMARTS) is 1. The van der Waals surface area contributed by atoms with Gasteiger partial charge in [-0.15, -0.1) is 11.5 Å². The molecule has 0 saturated carbocycles. The first-order valence-electron chi connectivity index (χ1n) is 7.60.